The standard InChI is InChI=1S/C9H9N3S/c10-5-7-3-1-2-4-8(7)6-12-9(11)13/h1-4H,6H2,(H3,11,12,13). The van der Waals surface area contributed by atoms with Crippen LogP contribution in [-0.4, -0.2) is 5.17 Å². The number of hydrogen-bond donors (Lipinski definition) is 3. The molecule has 1 rings (SSSR count). The molecular weight excluding hydrogens is 182 g/mol. The van der Waals surface area contributed by atoms with Crippen molar-refractivity contribution >= 4 is 17.8 Å². The third-order valence-electron chi connectivity index (χ3n) is 1.58. The van der Waals surface area contributed by atoms with Gasteiger partial charge in [0, 0.05) is 6.54 Å². The van der Waals surface area contributed by atoms with E-state index in [2.05, 4.69) is 24.0 Å². The summed E-state index contributed by atoms with van der Waals surface area (Å²) >= 11 is 3.78. The summed E-state index contributed by atoms with van der Waals surface area (Å²) in [6.45, 7) is 0.464. The fourth-order valence-electron chi connectivity index (χ4n) is 0.962. The van der Waals surface area contributed by atoms with Gasteiger partial charge in [0.05, 0.1) is 11.6 Å². The molecule has 0 fully saturated rings. The molecule has 13 heavy (non-hydrogen) atoms. The van der Waals surface area contributed by atoms with Gasteiger partial charge in [0.2, 0.25) is 0 Å². The van der Waals surface area contributed by atoms with E-state index >= 15 is 0 Å². The Morgan fingerprint density at radius 1 is 1.54 bits per heavy atom. The molecular formula is C9H9N3S. The van der Waals surface area contributed by atoms with Gasteiger partial charge in [-0.15, -0.1) is 12.6 Å². The summed E-state index contributed by atoms with van der Waals surface area (Å²) in [6.07, 6.45) is 0. The molecule has 0 aliphatic carbocycles. The van der Waals surface area contributed by atoms with E-state index in [1.807, 2.05) is 18.2 Å². The minimum atomic E-state index is 0.104. The molecule has 0 atom stereocenters. The Labute approximate surface area is 82.3 Å². The van der Waals surface area contributed by atoms with Crippen LogP contribution >= 0.6 is 12.6 Å². The highest BCUT2D eigenvalue weighted by molar-refractivity contribution is 7.96. The highest BCUT2D eigenvalue weighted by Gasteiger charge is 1.99. The van der Waals surface area contributed by atoms with Gasteiger partial charge in [-0.2, -0.15) is 5.26 Å². The number of rotatable bonds is 2. The first-order valence-corrected chi connectivity index (χ1v) is 4.18. The van der Waals surface area contributed by atoms with Gasteiger partial charge in [0.15, 0.2) is 5.17 Å². The monoisotopic (exact) mass is 191 g/mol. The van der Waals surface area contributed by atoms with Crippen LogP contribution in [-0.2, 0) is 6.54 Å². The number of benzene rings is 1. The highest BCUT2D eigenvalue weighted by Crippen LogP contribution is 2.06. The van der Waals surface area contributed by atoms with Crippen molar-refractivity contribution in [3.63, 3.8) is 0 Å². The van der Waals surface area contributed by atoms with Crippen LogP contribution in [0, 0.1) is 16.7 Å². The molecule has 0 saturated carbocycles. The van der Waals surface area contributed by atoms with Crippen LogP contribution in [0.1, 0.15) is 11.1 Å². The summed E-state index contributed by atoms with van der Waals surface area (Å²) in [5.74, 6) is 0. The third-order valence-corrected chi connectivity index (χ3v) is 1.74. The molecule has 0 radical (unpaired) electrons. The zero-order valence-electron chi connectivity index (χ0n) is 6.91. The van der Waals surface area contributed by atoms with Gasteiger partial charge < -0.3 is 5.32 Å². The lowest BCUT2D eigenvalue weighted by Gasteiger charge is -2.04. The third kappa shape index (κ3) is 2.80. The van der Waals surface area contributed by atoms with Gasteiger partial charge in [0.25, 0.3) is 0 Å². The molecule has 0 bridgehead atoms. The van der Waals surface area contributed by atoms with Gasteiger partial charge >= 0.3 is 0 Å². The summed E-state index contributed by atoms with van der Waals surface area (Å²) in [5.41, 5.74) is 1.51. The summed E-state index contributed by atoms with van der Waals surface area (Å²) in [6, 6.07) is 9.36. The zero-order valence-corrected chi connectivity index (χ0v) is 7.81. The second kappa shape index (κ2) is 4.53. The van der Waals surface area contributed by atoms with E-state index in [1.54, 1.807) is 6.07 Å². The summed E-state index contributed by atoms with van der Waals surface area (Å²) in [7, 11) is 0. The molecule has 1 aromatic rings. The van der Waals surface area contributed by atoms with Gasteiger partial charge in [-0.3, -0.25) is 5.41 Å². The van der Waals surface area contributed by atoms with Crippen molar-refractivity contribution in [3.05, 3.63) is 35.4 Å². The van der Waals surface area contributed by atoms with Crippen molar-refractivity contribution in [2.75, 3.05) is 0 Å². The van der Waals surface area contributed by atoms with E-state index in [4.69, 9.17) is 10.7 Å². The van der Waals surface area contributed by atoms with Crippen LogP contribution in [0.5, 0.6) is 0 Å². The second-order valence-corrected chi connectivity index (χ2v) is 2.92. The first kappa shape index (κ1) is 9.62. The Morgan fingerprint density at radius 3 is 2.85 bits per heavy atom. The van der Waals surface area contributed by atoms with Crippen molar-refractivity contribution in [1.29, 1.82) is 10.7 Å². The topological polar surface area (TPSA) is 59.7 Å². The lowest BCUT2D eigenvalue weighted by atomic mass is 10.1. The molecule has 0 aliphatic rings. The highest BCUT2D eigenvalue weighted by atomic mass is 32.1. The quantitative estimate of drug-likeness (QED) is 0.377. The van der Waals surface area contributed by atoms with Crippen molar-refractivity contribution in [3.8, 4) is 6.07 Å². The van der Waals surface area contributed by atoms with Crippen LogP contribution in [0.15, 0.2) is 24.3 Å². The summed E-state index contributed by atoms with van der Waals surface area (Å²) in [4.78, 5) is 0. The Bertz CT molecular complexity index is 354. The molecule has 0 spiro atoms. The molecule has 0 aromatic heterocycles. The second-order valence-electron chi connectivity index (χ2n) is 2.47. The zero-order chi connectivity index (χ0) is 9.68. The molecule has 0 heterocycles. The summed E-state index contributed by atoms with van der Waals surface area (Å²) < 4.78 is 0. The Balaban J connectivity index is 2.77. The summed E-state index contributed by atoms with van der Waals surface area (Å²) in [5, 5.41) is 18.6. The minimum Gasteiger partial charge on any atom is -0.361 e. The fourth-order valence-corrected chi connectivity index (χ4v) is 1.04. The van der Waals surface area contributed by atoms with E-state index in [9.17, 15) is 0 Å². The predicted molar refractivity (Wildman–Crippen MR) is 54.7 cm³/mol. The SMILES string of the molecule is N#Cc1ccccc1CNC(=N)S. The van der Waals surface area contributed by atoms with E-state index in [0.29, 0.717) is 12.1 Å². The molecule has 0 saturated heterocycles. The van der Waals surface area contributed by atoms with Crippen LogP contribution < -0.4 is 5.32 Å². The number of hydrogen-bond acceptors (Lipinski definition) is 2. The molecule has 0 aliphatic heterocycles. The van der Waals surface area contributed by atoms with Crippen molar-refractivity contribution in [1.82, 2.24) is 5.32 Å². The molecule has 66 valence electrons. The Kier molecular flexibility index (Phi) is 3.35. The van der Waals surface area contributed by atoms with E-state index in [-0.39, 0.29) is 5.17 Å². The van der Waals surface area contributed by atoms with E-state index in [1.165, 1.54) is 0 Å². The van der Waals surface area contributed by atoms with Gasteiger partial charge in [0.1, 0.15) is 0 Å². The maximum atomic E-state index is 8.73. The first-order chi connectivity index (χ1) is 6.24. The molecule has 3 nitrogen and oxygen atoms in total. The average molecular weight is 191 g/mol. The van der Waals surface area contributed by atoms with Crippen molar-refractivity contribution < 1.29 is 0 Å². The molecule has 2 N–H and O–H groups in total. The fraction of sp³-hybridized carbons (Fsp3) is 0.111. The van der Waals surface area contributed by atoms with Gasteiger partial charge in [-0.25, -0.2) is 0 Å². The van der Waals surface area contributed by atoms with E-state index < -0.39 is 0 Å². The number of nitrogens with one attached hydrogen (secondary N) is 2. The molecule has 0 amide bonds. The van der Waals surface area contributed by atoms with Crippen molar-refractivity contribution in [2.45, 2.75) is 6.54 Å². The Hall–Kier alpha value is -1.47. The maximum absolute atomic E-state index is 8.73. The number of nitriles is 1. The normalized spacial score (nSPS) is 8.92. The average Bonchev–Trinajstić information content (AvgIpc) is 2.15. The molecule has 4 heteroatoms. The van der Waals surface area contributed by atoms with Crippen molar-refractivity contribution in [2.24, 2.45) is 0 Å². The lowest BCUT2D eigenvalue weighted by molar-refractivity contribution is 0.919. The van der Waals surface area contributed by atoms with Gasteiger partial charge in [-0.1, -0.05) is 18.2 Å². The smallest absolute Gasteiger partial charge is 0.150 e. The number of thiol groups is 1. The molecule has 0 unspecified atom stereocenters. The van der Waals surface area contributed by atoms with Crippen LogP contribution in [0.4, 0.5) is 0 Å². The largest absolute Gasteiger partial charge is 0.361 e. The van der Waals surface area contributed by atoms with Crippen LogP contribution in [0.25, 0.3) is 0 Å². The minimum absolute atomic E-state index is 0.104. The van der Waals surface area contributed by atoms with Crippen LogP contribution in [0.3, 0.4) is 0 Å². The number of amidine groups is 1. The van der Waals surface area contributed by atoms with Crippen LogP contribution in [0.2, 0.25) is 0 Å². The molecule has 1 aromatic carbocycles. The predicted octanol–water partition coefficient (Wildman–Crippen LogP) is 1.51. The van der Waals surface area contributed by atoms with Gasteiger partial charge in [-0.05, 0) is 11.6 Å². The van der Waals surface area contributed by atoms with E-state index in [0.717, 1.165) is 5.56 Å². The maximum Gasteiger partial charge on any atom is 0.150 e. The Morgan fingerprint density at radius 2 is 2.23 bits per heavy atom. The first-order valence-electron chi connectivity index (χ1n) is 3.73. The number of nitrogens with zero attached hydrogens (tertiary/aromatic N) is 1. The lowest BCUT2D eigenvalue weighted by Crippen LogP contribution is -2.16.